The smallest absolute Gasteiger partial charge is 0.408 e. The molecule has 0 bridgehead atoms. The van der Waals surface area contributed by atoms with Crippen LogP contribution in [0.15, 0.2) is 30.3 Å². The lowest BCUT2D eigenvalue weighted by Crippen LogP contribution is -2.37. The molecule has 1 N–H and O–H groups in total. The van der Waals surface area contributed by atoms with E-state index >= 15 is 0 Å². The van der Waals surface area contributed by atoms with Crippen molar-refractivity contribution in [1.29, 1.82) is 0 Å². The molecule has 1 aromatic carbocycles. The minimum atomic E-state index is -0.489. The van der Waals surface area contributed by atoms with E-state index in [0.29, 0.717) is 0 Å². The summed E-state index contributed by atoms with van der Waals surface area (Å²) >= 11 is 0. The summed E-state index contributed by atoms with van der Waals surface area (Å²) in [5.74, 6) is 5.95. The molecule has 0 saturated carbocycles. The summed E-state index contributed by atoms with van der Waals surface area (Å²) in [7, 11) is 0. The molecule has 1 atom stereocenters. The van der Waals surface area contributed by atoms with E-state index in [9.17, 15) is 4.79 Å². The first-order chi connectivity index (χ1) is 8.37. The van der Waals surface area contributed by atoms with Gasteiger partial charge < -0.3 is 10.1 Å². The minimum Gasteiger partial charge on any atom is -0.444 e. The summed E-state index contributed by atoms with van der Waals surface area (Å²) in [4.78, 5) is 11.5. The largest absolute Gasteiger partial charge is 0.444 e. The van der Waals surface area contributed by atoms with Gasteiger partial charge >= 0.3 is 6.09 Å². The van der Waals surface area contributed by atoms with Crippen LogP contribution in [0.1, 0.15) is 33.3 Å². The van der Waals surface area contributed by atoms with Gasteiger partial charge in [0.05, 0.1) is 6.04 Å². The van der Waals surface area contributed by atoms with E-state index < -0.39 is 11.7 Å². The lowest BCUT2D eigenvalue weighted by molar-refractivity contribution is 0.0519. The van der Waals surface area contributed by atoms with Crippen molar-refractivity contribution in [2.75, 3.05) is 0 Å². The Morgan fingerprint density at radius 2 is 1.89 bits per heavy atom. The fourth-order valence-corrected chi connectivity index (χ4v) is 1.23. The summed E-state index contributed by atoms with van der Waals surface area (Å²) < 4.78 is 5.14. The molecule has 0 heterocycles. The second kappa shape index (κ2) is 6.11. The van der Waals surface area contributed by atoms with Crippen molar-refractivity contribution in [3.63, 3.8) is 0 Å². The van der Waals surface area contributed by atoms with E-state index in [4.69, 9.17) is 4.74 Å². The quantitative estimate of drug-likeness (QED) is 0.772. The van der Waals surface area contributed by atoms with Crippen molar-refractivity contribution in [2.45, 2.75) is 39.3 Å². The van der Waals surface area contributed by atoms with Crippen LogP contribution in [-0.2, 0) is 4.74 Å². The van der Waals surface area contributed by atoms with Crippen LogP contribution in [0.4, 0.5) is 4.79 Å². The molecule has 18 heavy (non-hydrogen) atoms. The Bertz CT molecular complexity index is 449. The number of carbonyl (C=O) groups excluding carboxylic acids is 1. The monoisotopic (exact) mass is 245 g/mol. The van der Waals surface area contributed by atoms with Crippen LogP contribution in [0.25, 0.3) is 0 Å². The number of amides is 1. The van der Waals surface area contributed by atoms with Gasteiger partial charge in [0.1, 0.15) is 5.60 Å². The minimum absolute atomic E-state index is 0.250. The van der Waals surface area contributed by atoms with E-state index in [0.717, 1.165) is 5.56 Å². The molecule has 1 aromatic rings. The summed E-state index contributed by atoms with van der Waals surface area (Å²) in [6, 6.07) is 9.39. The zero-order valence-electron chi connectivity index (χ0n) is 11.3. The van der Waals surface area contributed by atoms with Gasteiger partial charge in [0.2, 0.25) is 0 Å². The Morgan fingerprint density at radius 1 is 1.28 bits per heavy atom. The van der Waals surface area contributed by atoms with Gasteiger partial charge in [-0.3, -0.25) is 0 Å². The molecule has 0 aromatic heterocycles. The van der Waals surface area contributed by atoms with Crippen LogP contribution in [0, 0.1) is 11.8 Å². The Hall–Kier alpha value is -1.95. The van der Waals surface area contributed by atoms with E-state index in [2.05, 4.69) is 17.2 Å². The molecular weight excluding hydrogens is 226 g/mol. The summed E-state index contributed by atoms with van der Waals surface area (Å²) in [6.45, 7) is 7.30. The number of benzene rings is 1. The van der Waals surface area contributed by atoms with E-state index in [1.54, 1.807) is 0 Å². The second-order valence-electron chi connectivity index (χ2n) is 5.00. The van der Waals surface area contributed by atoms with Crippen LogP contribution < -0.4 is 5.32 Å². The third-order valence-electron chi connectivity index (χ3n) is 1.94. The first-order valence-corrected chi connectivity index (χ1v) is 5.93. The average Bonchev–Trinajstić information content (AvgIpc) is 2.25. The first-order valence-electron chi connectivity index (χ1n) is 5.93. The maximum Gasteiger partial charge on any atom is 0.408 e. The number of alkyl carbamates (subject to hydrolysis) is 1. The molecule has 0 spiro atoms. The second-order valence-corrected chi connectivity index (χ2v) is 5.00. The van der Waals surface area contributed by atoms with Gasteiger partial charge in [-0.15, -0.1) is 0 Å². The molecule has 1 amide bonds. The fraction of sp³-hybridized carbons (Fsp3) is 0.400. The molecule has 0 aliphatic carbocycles. The van der Waals surface area contributed by atoms with Crippen molar-refractivity contribution in [3.8, 4) is 11.8 Å². The van der Waals surface area contributed by atoms with E-state index in [1.165, 1.54) is 0 Å². The zero-order valence-corrected chi connectivity index (χ0v) is 11.3. The Kier molecular flexibility index (Phi) is 4.79. The highest BCUT2D eigenvalue weighted by Crippen LogP contribution is 2.06. The topological polar surface area (TPSA) is 38.3 Å². The van der Waals surface area contributed by atoms with Gasteiger partial charge in [0.15, 0.2) is 0 Å². The highest BCUT2D eigenvalue weighted by molar-refractivity contribution is 5.68. The molecule has 3 heteroatoms. The number of ether oxygens (including phenoxy) is 1. The lowest BCUT2D eigenvalue weighted by atomic mass is 10.2. The van der Waals surface area contributed by atoms with Gasteiger partial charge in [-0.25, -0.2) is 4.79 Å². The van der Waals surface area contributed by atoms with Crippen LogP contribution in [0.5, 0.6) is 0 Å². The van der Waals surface area contributed by atoms with Crippen LogP contribution in [0.3, 0.4) is 0 Å². The Morgan fingerprint density at radius 3 is 2.44 bits per heavy atom. The molecule has 3 nitrogen and oxygen atoms in total. The summed E-state index contributed by atoms with van der Waals surface area (Å²) in [5.41, 5.74) is 0.437. The van der Waals surface area contributed by atoms with Crippen molar-refractivity contribution in [1.82, 2.24) is 5.32 Å². The first kappa shape index (κ1) is 14.1. The van der Waals surface area contributed by atoms with Gasteiger partial charge in [-0.05, 0) is 39.8 Å². The molecule has 0 aliphatic heterocycles. The number of hydrogen-bond acceptors (Lipinski definition) is 2. The SMILES string of the molecule is CC(C#Cc1ccccc1)NC(=O)OC(C)(C)C. The standard InChI is InChI=1S/C15H19NO2/c1-12(16-14(17)18-15(2,3)4)10-11-13-8-6-5-7-9-13/h5-9,12H,1-4H3,(H,16,17). The summed E-state index contributed by atoms with van der Waals surface area (Å²) in [6.07, 6.45) is -0.447. The molecule has 1 rings (SSSR count). The third kappa shape index (κ3) is 5.95. The van der Waals surface area contributed by atoms with Crippen molar-refractivity contribution in [3.05, 3.63) is 35.9 Å². The normalized spacial score (nSPS) is 12.0. The molecule has 0 fully saturated rings. The maximum atomic E-state index is 11.5. The number of hydrogen-bond donors (Lipinski definition) is 1. The highest BCUT2D eigenvalue weighted by atomic mass is 16.6. The molecule has 0 aliphatic rings. The predicted octanol–water partition coefficient (Wildman–Crippen LogP) is 2.95. The third-order valence-corrected chi connectivity index (χ3v) is 1.94. The zero-order chi connectivity index (χ0) is 13.6. The molecular formula is C15H19NO2. The Labute approximate surface area is 109 Å². The number of carbonyl (C=O) groups is 1. The average molecular weight is 245 g/mol. The van der Waals surface area contributed by atoms with E-state index in [1.807, 2.05) is 58.0 Å². The van der Waals surface area contributed by atoms with Crippen molar-refractivity contribution in [2.24, 2.45) is 0 Å². The van der Waals surface area contributed by atoms with E-state index in [-0.39, 0.29) is 6.04 Å². The van der Waals surface area contributed by atoms with Crippen LogP contribution in [0.2, 0.25) is 0 Å². The summed E-state index contributed by atoms with van der Waals surface area (Å²) in [5, 5.41) is 2.67. The van der Waals surface area contributed by atoms with Gasteiger partial charge in [-0.1, -0.05) is 30.0 Å². The number of nitrogens with one attached hydrogen (secondary N) is 1. The molecule has 0 saturated heterocycles. The maximum absolute atomic E-state index is 11.5. The van der Waals surface area contributed by atoms with Gasteiger partial charge in [0, 0.05) is 5.56 Å². The Balaban J connectivity index is 2.50. The van der Waals surface area contributed by atoms with Crippen LogP contribution in [-0.4, -0.2) is 17.7 Å². The fourth-order valence-electron chi connectivity index (χ4n) is 1.23. The van der Waals surface area contributed by atoms with Gasteiger partial charge in [-0.2, -0.15) is 0 Å². The molecule has 0 radical (unpaired) electrons. The molecule has 1 unspecified atom stereocenters. The van der Waals surface area contributed by atoms with Gasteiger partial charge in [0.25, 0.3) is 0 Å². The lowest BCUT2D eigenvalue weighted by Gasteiger charge is -2.20. The molecule has 96 valence electrons. The highest BCUT2D eigenvalue weighted by Gasteiger charge is 2.16. The van der Waals surface area contributed by atoms with Crippen LogP contribution >= 0.6 is 0 Å². The predicted molar refractivity (Wildman–Crippen MR) is 72.2 cm³/mol. The number of rotatable bonds is 1. The van der Waals surface area contributed by atoms with Crippen molar-refractivity contribution >= 4 is 6.09 Å². The van der Waals surface area contributed by atoms with Crippen molar-refractivity contribution < 1.29 is 9.53 Å².